The van der Waals surface area contributed by atoms with Crippen molar-refractivity contribution in [3.05, 3.63) is 23.3 Å². The van der Waals surface area contributed by atoms with Gasteiger partial charge in [0.25, 0.3) is 0 Å². The number of amides is 1. The van der Waals surface area contributed by atoms with Crippen LogP contribution in [0.3, 0.4) is 0 Å². The van der Waals surface area contributed by atoms with E-state index >= 15 is 0 Å². The number of hydrogen-bond donors (Lipinski definition) is 1. The summed E-state index contributed by atoms with van der Waals surface area (Å²) in [5.74, 6) is -3.02. The third-order valence-electron chi connectivity index (χ3n) is 3.23. The van der Waals surface area contributed by atoms with E-state index in [2.05, 4.69) is 4.74 Å². The van der Waals surface area contributed by atoms with Gasteiger partial charge in [-0.15, -0.1) is 0 Å². The molecule has 0 saturated carbocycles. The number of ether oxygens (including phenoxy) is 3. The second-order valence-electron chi connectivity index (χ2n) is 4.77. The molecule has 1 N–H and O–H groups in total. The van der Waals surface area contributed by atoms with Crippen LogP contribution in [0.25, 0.3) is 0 Å². The van der Waals surface area contributed by atoms with Crippen LogP contribution in [0.15, 0.2) is 12.1 Å². The highest BCUT2D eigenvalue weighted by atomic mass is 19.4. The fourth-order valence-corrected chi connectivity index (χ4v) is 2.04. The lowest BCUT2D eigenvalue weighted by Gasteiger charge is -2.19. The molecular weight excluding hydrogens is 347 g/mol. The number of hydrogen-bond acceptors (Lipinski definition) is 6. The van der Waals surface area contributed by atoms with Gasteiger partial charge in [0.15, 0.2) is 6.29 Å². The van der Waals surface area contributed by atoms with E-state index in [9.17, 15) is 27.6 Å². The van der Waals surface area contributed by atoms with Crippen molar-refractivity contribution in [3.63, 3.8) is 0 Å². The fourth-order valence-electron chi connectivity index (χ4n) is 2.04. The van der Waals surface area contributed by atoms with Gasteiger partial charge in [0.2, 0.25) is 0 Å². The van der Waals surface area contributed by atoms with Gasteiger partial charge in [-0.1, -0.05) is 0 Å². The Bertz CT molecular complexity index is 659. The van der Waals surface area contributed by atoms with E-state index in [-0.39, 0.29) is 29.0 Å². The number of carbonyl (C=O) groups is 3. The first-order valence-electron chi connectivity index (χ1n) is 6.83. The Labute approximate surface area is 141 Å². The second kappa shape index (κ2) is 8.36. The molecule has 0 radical (unpaired) electrons. The molecule has 0 heterocycles. The summed E-state index contributed by atoms with van der Waals surface area (Å²) >= 11 is 0. The smallest absolute Gasteiger partial charge is 0.471 e. The van der Waals surface area contributed by atoms with Gasteiger partial charge >= 0.3 is 18.1 Å². The van der Waals surface area contributed by atoms with Gasteiger partial charge in [0.1, 0.15) is 17.5 Å². The molecule has 0 aliphatic heterocycles. The summed E-state index contributed by atoms with van der Waals surface area (Å²) < 4.78 is 51.8. The van der Waals surface area contributed by atoms with E-state index in [0.717, 1.165) is 7.11 Å². The number of carbonyl (C=O) groups excluding carboxylic acids is 3. The molecule has 138 valence electrons. The highest BCUT2D eigenvalue weighted by molar-refractivity contribution is 5.88. The highest BCUT2D eigenvalue weighted by Gasteiger charge is 2.41. The van der Waals surface area contributed by atoms with Gasteiger partial charge in [-0.25, -0.2) is 4.79 Å². The normalized spacial score (nSPS) is 12.1. The number of halogens is 3. The molecule has 1 aromatic rings. The summed E-state index contributed by atoms with van der Waals surface area (Å²) in [4.78, 5) is 33.9. The van der Waals surface area contributed by atoms with E-state index in [1.165, 1.54) is 26.4 Å². The maximum Gasteiger partial charge on any atom is 0.471 e. The van der Waals surface area contributed by atoms with Gasteiger partial charge in [0.05, 0.1) is 26.9 Å². The zero-order valence-corrected chi connectivity index (χ0v) is 13.6. The van der Waals surface area contributed by atoms with Crippen molar-refractivity contribution in [1.29, 1.82) is 0 Å². The number of esters is 1. The molecule has 0 aliphatic rings. The molecule has 10 heteroatoms. The summed E-state index contributed by atoms with van der Waals surface area (Å²) in [7, 11) is 3.58. The maximum absolute atomic E-state index is 12.4. The van der Waals surface area contributed by atoms with Crippen molar-refractivity contribution in [1.82, 2.24) is 5.32 Å². The van der Waals surface area contributed by atoms with Crippen LogP contribution in [0.4, 0.5) is 13.2 Å². The number of rotatable bonds is 7. The number of methoxy groups -OCH3 is 3. The molecule has 0 unspecified atom stereocenters. The van der Waals surface area contributed by atoms with E-state index in [0.29, 0.717) is 6.29 Å². The SMILES string of the molecule is COC(=O)[C@H](Cc1cc(C=O)c(OC)cc1OC)NC(=O)C(F)(F)F. The maximum atomic E-state index is 12.4. The molecule has 0 fully saturated rings. The standard InChI is InChI=1S/C15H16F3NO6/c1-23-11-6-12(24-2)9(7-20)4-8(11)5-10(13(21)25-3)19-14(22)15(16,17)18/h4,6-7,10H,5H2,1-3H3,(H,19,22)/t10-/m0/s1. The number of alkyl halides is 3. The first-order chi connectivity index (χ1) is 11.7. The van der Waals surface area contributed by atoms with Crippen molar-refractivity contribution in [2.75, 3.05) is 21.3 Å². The average Bonchev–Trinajstić information content (AvgIpc) is 2.58. The van der Waals surface area contributed by atoms with Crippen LogP contribution >= 0.6 is 0 Å². The number of nitrogens with one attached hydrogen (secondary N) is 1. The van der Waals surface area contributed by atoms with Crippen LogP contribution in [0.2, 0.25) is 0 Å². The predicted octanol–water partition coefficient (Wildman–Crippen LogP) is 1.28. The van der Waals surface area contributed by atoms with E-state index in [4.69, 9.17) is 9.47 Å². The van der Waals surface area contributed by atoms with Gasteiger partial charge in [0, 0.05) is 12.5 Å². The van der Waals surface area contributed by atoms with Gasteiger partial charge < -0.3 is 19.5 Å². The Morgan fingerprint density at radius 2 is 1.76 bits per heavy atom. The second-order valence-corrected chi connectivity index (χ2v) is 4.77. The predicted molar refractivity (Wildman–Crippen MR) is 78.6 cm³/mol. The van der Waals surface area contributed by atoms with Crippen molar-refractivity contribution in [2.45, 2.75) is 18.6 Å². The van der Waals surface area contributed by atoms with Crippen molar-refractivity contribution >= 4 is 18.2 Å². The lowest BCUT2D eigenvalue weighted by molar-refractivity contribution is -0.175. The molecule has 1 rings (SSSR count). The first kappa shape index (κ1) is 20.3. The molecule has 1 amide bonds. The molecule has 7 nitrogen and oxygen atoms in total. The zero-order valence-electron chi connectivity index (χ0n) is 13.6. The molecule has 0 bridgehead atoms. The summed E-state index contributed by atoms with van der Waals surface area (Å²) in [6, 6.07) is 1.01. The lowest BCUT2D eigenvalue weighted by atomic mass is 10.0. The monoisotopic (exact) mass is 363 g/mol. The van der Waals surface area contributed by atoms with Crippen LogP contribution in [0, 0.1) is 0 Å². The third-order valence-corrected chi connectivity index (χ3v) is 3.23. The summed E-state index contributed by atoms with van der Waals surface area (Å²) in [5, 5.41) is 1.56. The molecule has 0 saturated heterocycles. The zero-order chi connectivity index (χ0) is 19.2. The highest BCUT2D eigenvalue weighted by Crippen LogP contribution is 2.29. The summed E-state index contributed by atoms with van der Waals surface area (Å²) in [5.41, 5.74) is 0.312. The Morgan fingerprint density at radius 1 is 1.16 bits per heavy atom. The topological polar surface area (TPSA) is 90.9 Å². The van der Waals surface area contributed by atoms with E-state index < -0.39 is 24.1 Å². The minimum atomic E-state index is -5.16. The molecule has 1 atom stereocenters. The average molecular weight is 363 g/mol. The fraction of sp³-hybridized carbons (Fsp3) is 0.400. The van der Waals surface area contributed by atoms with Crippen molar-refractivity contribution < 1.29 is 41.8 Å². The van der Waals surface area contributed by atoms with Crippen molar-refractivity contribution in [2.24, 2.45) is 0 Å². The Hall–Kier alpha value is -2.78. The Morgan fingerprint density at radius 3 is 2.20 bits per heavy atom. The molecular formula is C15H16F3NO6. The van der Waals surface area contributed by atoms with Crippen LogP contribution in [0.1, 0.15) is 15.9 Å². The molecule has 0 spiro atoms. The van der Waals surface area contributed by atoms with Crippen LogP contribution in [-0.2, 0) is 20.7 Å². The minimum Gasteiger partial charge on any atom is -0.496 e. The minimum absolute atomic E-state index is 0.101. The van der Waals surface area contributed by atoms with E-state index in [1.807, 2.05) is 0 Å². The van der Waals surface area contributed by atoms with Crippen molar-refractivity contribution in [3.8, 4) is 11.5 Å². The van der Waals surface area contributed by atoms with E-state index in [1.54, 1.807) is 5.32 Å². The number of aldehydes is 1. The van der Waals surface area contributed by atoms with Gasteiger partial charge in [-0.05, 0) is 11.6 Å². The largest absolute Gasteiger partial charge is 0.496 e. The molecule has 1 aromatic carbocycles. The summed E-state index contributed by atoms with van der Waals surface area (Å²) in [6.07, 6.45) is -5.07. The Balaban J connectivity index is 3.21. The van der Waals surface area contributed by atoms with Gasteiger partial charge in [-0.2, -0.15) is 13.2 Å². The lowest BCUT2D eigenvalue weighted by Crippen LogP contribution is -2.48. The molecule has 0 aliphatic carbocycles. The first-order valence-corrected chi connectivity index (χ1v) is 6.83. The van der Waals surface area contributed by atoms with Crippen LogP contribution in [-0.4, -0.2) is 51.7 Å². The Kier molecular flexibility index (Phi) is 6.77. The summed E-state index contributed by atoms with van der Waals surface area (Å²) in [6.45, 7) is 0. The van der Waals surface area contributed by atoms with Crippen LogP contribution in [0.5, 0.6) is 11.5 Å². The molecule has 0 aromatic heterocycles. The van der Waals surface area contributed by atoms with Gasteiger partial charge in [-0.3, -0.25) is 9.59 Å². The third kappa shape index (κ3) is 5.10. The number of benzene rings is 1. The molecule has 25 heavy (non-hydrogen) atoms. The quantitative estimate of drug-likeness (QED) is 0.580. The van der Waals surface area contributed by atoms with Crippen LogP contribution < -0.4 is 14.8 Å².